The third-order valence-electron chi connectivity index (χ3n) is 3.73. The van der Waals surface area contributed by atoms with Gasteiger partial charge in [-0.25, -0.2) is 4.79 Å². The molecular formula is C13H18N2O6. The summed E-state index contributed by atoms with van der Waals surface area (Å²) in [5.41, 5.74) is -0.630. The van der Waals surface area contributed by atoms with Crippen LogP contribution < -0.4 is 11.2 Å². The summed E-state index contributed by atoms with van der Waals surface area (Å²) in [6, 6.07) is 0. The molecule has 2 fully saturated rings. The van der Waals surface area contributed by atoms with Crippen LogP contribution in [0, 0.1) is 6.92 Å². The summed E-state index contributed by atoms with van der Waals surface area (Å²) in [5.74, 6) is -0.814. The minimum Gasteiger partial charge on any atom is -0.394 e. The van der Waals surface area contributed by atoms with E-state index in [1.165, 1.54) is 10.8 Å². The van der Waals surface area contributed by atoms with Crippen LogP contribution in [-0.4, -0.2) is 45.4 Å². The van der Waals surface area contributed by atoms with E-state index < -0.39 is 41.6 Å². The maximum Gasteiger partial charge on any atom is 0.330 e. The zero-order valence-corrected chi connectivity index (χ0v) is 12.0. The molecule has 0 bridgehead atoms. The van der Waals surface area contributed by atoms with Crippen molar-refractivity contribution in [1.29, 1.82) is 0 Å². The number of nitrogens with zero attached hydrogens (tertiary/aromatic N) is 1. The first-order chi connectivity index (χ1) is 9.82. The van der Waals surface area contributed by atoms with Gasteiger partial charge in [0.1, 0.15) is 18.3 Å². The number of aromatic amines is 1. The number of H-pyrrole nitrogens is 1. The standard InChI is InChI=1S/C13H18N2O6/c1-6-4-15(12(18)14-10(6)17)11-9-8(7(5-16)19-11)20-13(2,3)21-9/h4,7-9,11,16H,5H2,1-3H3,(H,14,17,18)/t7-,8-,9-,11-/m1/s1/i5+1,7+1,8+1,9+1,11+1. The molecule has 0 amide bonds. The number of aromatic nitrogens is 2. The Morgan fingerprint density at radius 2 is 2.00 bits per heavy atom. The molecule has 8 nitrogen and oxygen atoms in total. The molecule has 3 heterocycles. The summed E-state index contributed by atoms with van der Waals surface area (Å²) in [5, 5.41) is 9.41. The molecule has 116 valence electrons. The smallest absolute Gasteiger partial charge is 0.330 e. The average molecular weight is 303 g/mol. The minimum absolute atomic E-state index is 0.242. The fourth-order valence-electron chi connectivity index (χ4n) is 2.81. The normalized spacial score (nSPS) is 34.1. The highest BCUT2D eigenvalue weighted by atomic mass is 16.9. The zero-order valence-electron chi connectivity index (χ0n) is 12.0. The van der Waals surface area contributed by atoms with E-state index in [-0.39, 0.29) is 6.61 Å². The number of ether oxygens (including phenoxy) is 3. The van der Waals surface area contributed by atoms with Crippen molar-refractivity contribution >= 4 is 0 Å². The van der Waals surface area contributed by atoms with Crippen LogP contribution in [0.15, 0.2) is 15.8 Å². The Morgan fingerprint density at radius 3 is 2.67 bits per heavy atom. The summed E-state index contributed by atoms with van der Waals surface area (Å²) in [6.07, 6.45) is -0.899. The van der Waals surface area contributed by atoms with Crippen molar-refractivity contribution in [3.63, 3.8) is 0 Å². The van der Waals surface area contributed by atoms with E-state index in [2.05, 4.69) is 4.98 Å². The lowest BCUT2D eigenvalue weighted by Crippen LogP contribution is -2.38. The molecule has 0 radical (unpaired) electrons. The molecule has 2 saturated heterocycles. The van der Waals surface area contributed by atoms with E-state index in [1.54, 1.807) is 20.8 Å². The summed E-state index contributed by atoms with van der Waals surface area (Å²) in [7, 11) is 0. The van der Waals surface area contributed by atoms with Gasteiger partial charge in [-0.15, -0.1) is 0 Å². The van der Waals surface area contributed by atoms with E-state index in [9.17, 15) is 14.7 Å². The average Bonchev–Trinajstić information content (AvgIpc) is 2.87. The molecule has 3 rings (SSSR count). The number of aliphatic hydroxyl groups is 1. The molecule has 2 aliphatic rings. The van der Waals surface area contributed by atoms with Crippen LogP contribution in [0.25, 0.3) is 0 Å². The predicted molar refractivity (Wildman–Crippen MR) is 70.9 cm³/mol. The third kappa shape index (κ3) is 2.34. The predicted octanol–water partition coefficient (Wildman–Crippen LogP) is -0.745. The van der Waals surface area contributed by atoms with Crippen molar-refractivity contribution in [2.45, 2.75) is 51.1 Å². The fraction of sp³-hybridized carbons (Fsp3) is 0.692. The molecule has 2 N–H and O–H groups in total. The highest BCUT2D eigenvalue weighted by molar-refractivity contribution is 5.04. The fourth-order valence-corrected chi connectivity index (χ4v) is 2.81. The van der Waals surface area contributed by atoms with Crippen molar-refractivity contribution in [2.24, 2.45) is 0 Å². The van der Waals surface area contributed by atoms with Crippen molar-refractivity contribution < 1.29 is 19.3 Å². The third-order valence-corrected chi connectivity index (χ3v) is 3.73. The topological polar surface area (TPSA) is 103 Å². The van der Waals surface area contributed by atoms with Gasteiger partial charge >= 0.3 is 5.69 Å². The number of rotatable bonds is 2. The van der Waals surface area contributed by atoms with Crippen molar-refractivity contribution in [3.8, 4) is 0 Å². The van der Waals surface area contributed by atoms with Crippen LogP contribution in [0.5, 0.6) is 0 Å². The number of hydrogen-bond acceptors (Lipinski definition) is 6. The Kier molecular flexibility index (Phi) is 3.28. The van der Waals surface area contributed by atoms with E-state index in [0.29, 0.717) is 5.56 Å². The lowest BCUT2D eigenvalue weighted by atomic mass is 10.4. The van der Waals surface area contributed by atoms with Gasteiger partial charge in [-0.2, -0.15) is 0 Å². The Bertz CT molecular complexity index is 663. The molecule has 0 spiro atoms. The molecule has 0 unspecified atom stereocenters. The van der Waals surface area contributed by atoms with Crippen LogP contribution in [0.2, 0.25) is 0 Å². The van der Waals surface area contributed by atoms with Gasteiger partial charge < -0.3 is 19.3 Å². The maximum absolute atomic E-state index is 12.0. The van der Waals surface area contributed by atoms with Crippen molar-refractivity contribution in [1.82, 2.24) is 9.55 Å². The summed E-state index contributed by atoms with van der Waals surface area (Å²) in [6.45, 7) is 4.88. The van der Waals surface area contributed by atoms with Crippen LogP contribution in [0.4, 0.5) is 0 Å². The first-order valence-electron chi connectivity index (χ1n) is 6.76. The summed E-state index contributed by atoms with van der Waals surface area (Å²) < 4.78 is 18.5. The van der Waals surface area contributed by atoms with E-state index in [4.69, 9.17) is 14.2 Å². The van der Waals surface area contributed by atoms with Gasteiger partial charge in [-0.05, 0) is 20.8 Å². The summed E-state index contributed by atoms with van der Waals surface area (Å²) >= 11 is 0. The Morgan fingerprint density at radius 1 is 1.33 bits per heavy atom. The lowest BCUT2D eigenvalue weighted by Gasteiger charge is -2.24. The molecule has 0 aliphatic carbocycles. The Balaban J connectivity index is 2.01. The van der Waals surface area contributed by atoms with Crippen LogP contribution in [-0.2, 0) is 14.2 Å². The molecule has 0 aromatic carbocycles. The molecular weight excluding hydrogens is 285 g/mol. The second-order valence-electron chi connectivity index (χ2n) is 5.79. The monoisotopic (exact) mass is 303 g/mol. The number of hydrogen-bond donors (Lipinski definition) is 2. The molecule has 0 saturated carbocycles. The molecule has 1 aromatic heterocycles. The van der Waals surface area contributed by atoms with Crippen LogP contribution in [0.3, 0.4) is 0 Å². The SMILES string of the molecule is Cc1cn([13C@@H]2O[13C@H]([13CH2]O)[13C@H]3OC(C)(C)O[13C@H]32)c(=O)[nH]c1=O. The zero-order chi connectivity index (χ0) is 15.4. The summed E-state index contributed by atoms with van der Waals surface area (Å²) in [4.78, 5) is 25.7. The Labute approximate surface area is 120 Å². The van der Waals surface area contributed by atoms with E-state index in [1.807, 2.05) is 0 Å². The van der Waals surface area contributed by atoms with Gasteiger partial charge in [0.25, 0.3) is 5.56 Å². The van der Waals surface area contributed by atoms with Gasteiger partial charge in [0, 0.05) is 11.8 Å². The highest BCUT2D eigenvalue weighted by Gasteiger charge is 2.55. The van der Waals surface area contributed by atoms with Gasteiger partial charge in [0.15, 0.2) is 12.0 Å². The largest absolute Gasteiger partial charge is 0.394 e. The van der Waals surface area contributed by atoms with E-state index >= 15 is 0 Å². The maximum atomic E-state index is 12.0. The molecule has 2 aliphatic heterocycles. The Hall–Kier alpha value is -1.48. The molecule has 21 heavy (non-hydrogen) atoms. The molecule has 1 aromatic rings. The number of nitrogens with one attached hydrogen (secondary N) is 1. The number of aliphatic hydroxyl groups excluding tert-OH is 1. The highest BCUT2D eigenvalue weighted by Crippen LogP contribution is 2.42. The number of aryl methyl sites for hydroxylation is 1. The van der Waals surface area contributed by atoms with Gasteiger partial charge in [-0.1, -0.05) is 0 Å². The van der Waals surface area contributed by atoms with Crippen molar-refractivity contribution in [3.05, 3.63) is 32.6 Å². The van der Waals surface area contributed by atoms with Crippen LogP contribution in [0.1, 0.15) is 25.6 Å². The first-order valence-corrected chi connectivity index (χ1v) is 6.76. The van der Waals surface area contributed by atoms with Gasteiger partial charge in [0.05, 0.1) is 6.61 Å². The van der Waals surface area contributed by atoms with Crippen molar-refractivity contribution in [2.75, 3.05) is 6.61 Å². The first kappa shape index (κ1) is 14.5. The molecule has 8 heteroatoms. The lowest BCUT2D eigenvalue weighted by molar-refractivity contribution is -0.200. The van der Waals surface area contributed by atoms with Gasteiger partial charge in [-0.3, -0.25) is 14.3 Å². The van der Waals surface area contributed by atoms with Gasteiger partial charge in [0.2, 0.25) is 0 Å². The number of fused-ring (bicyclic) bond motifs is 1. The van der Waals surface area contributed by atoms with E-state index in [0.717, 1.165) is 0 Å². The minimum atomic E-state index is -0.814. The second kappa shape index (κ2) is 4.77. The second-order valence-corrected chi connectivity index (χ2v) is 5.79. The molecule has 4 atom stereocenters. The van der Waals surface area contributed by atoms with Crippen LogP contribution >= 0.6 is 0 Å². The quantitative estimate of drug-likeness (QED) is 0.697.